The zero-order valence-corrected chi connectivity index (χ0v) is 5.55. The molecule has 0 spiro atoms. The Balaban J connectivity index is 2.47. The summed E-state index contributed by atoms with van der Waals surface area (Å²) in [6.45, 7) is 5.70. The Morgan fingerprint density at radius 3 is 2.89 bits per heavy atom. The molecule has 0 aromatic carbocycles. The van der Waals surface area contributed by atoms with E-state index < -0.39 is 0 Å². The van der Waals surface area contributed by atoms with Crippen LogP contribution in [0.25, 0.3) is 0 Å². The third kappa shape index (κ3) is 1.38. The average Bonchev–Trinajstić information content (AvgIpc) is 2.14. The predicted octanol–water partition coefficient (Wildman–Crippen LogP) is 1.36. The lowest BCUT2D eigenvalue weighted by Gasteiger charge is -2.08. The third-order valence-electron chi connectivity index (χ3n) is 1.35. The van der Waals surface area contributed by atoms with E-state index in [1.807, 2.05) is 6.92 Å². The Morgan fingerprint density at radius 2 is 2.67 bits per heavy atom. The molecule has 1 aliphatic heterocycles. The minimum Gasteiger partial charge on any atom is -0.494 e. The number of ether oxygens (including phenoxy) is 1. The zero-order valence-electron chi connectivity index (χ0n) is 5.55. The van der Waals surface area contributed by atoms with Gasteiger partial charge in [0, 0.05) is 6.42 Å². The topological polar surface area (TPSA) is 9.23 Å². The molecule has 0 aliphatic carbocycles. The van der Waals surface area contributed by atoms with Crippen molar-refractivity contribution in [3.8, 4) is 0 Å². The second kappa shape index (κ2) is 2.30. The summed E-state index contributed by atoms with van der Waals surface area (Å²) in [7, 11) is 5.46. The van der Waals surface area contributed by atoms with E-state index in [2.05, 4.69) is 6.58 Å². The first kappa shape index (κ1) is 6.46. The fourth-order valence-corrected chi connectivity index (χ4v) is 0.770. The Kier molecular flexibility index (Phi) is 1.65. The number of rotatable bonds is 1. The average molecular weight is 120 g/mol. The van der Waals surface area contributed by atoms with Gasteiger partial charge in [0.1, 0.15) is 14.0 Å². The van der Waals surface area contributed by atoms with Crippen LogP contribution in [-0.2, 0) is 4.74 Å². The summed E-state index contributed by atoms with van der Waals surface area (Å²) in [4.78, 5) is 0. The van der Waals surface area contributed by atoms with Crippen LogP contribution in [0.5, 0.6) is 0 Å². The third-order valence-corrected chi connectivity index (χ3v) is 1.35. The van der Waals surface area contributed by atoms with Gasteiger partial charge in [0.05, 0.1) is 6.26 Å². The van der Waals surface area contributed by atoms with Crippen LogP contribution in [0.1, 0.15) is 13.3 Å². The lowest BCUT2D eigenvalue weighted by Crippen LogP contribution is -2.05. The normalized spacial score (nSPS) is 25.0. The van der Waals surface area contributed by atoms with Crippen LogP contribution < -0.4 is 0 Å². The molecular formula is C7H9BO. The van der Waals surface area contributed by atoms with Gasteiger partial charge in [-0.05, 0) is 12.5 Å². The van der Waals surface area contributed by atoms with Crippen molar-refractivity contribution in [3.63, 3.8) is 0 Å². The standard InChI is InChI=1S/C7H9BO/c1-5(2)7-3-6(8)4-9-7/h4,7H,1,3H2,2H3. The monoisotopic (exact) mass is 120 g/mol. The van der Waals surface area contributed by atoms with Gasteiger partial charge in [-0.25, -0.2) is 0 Å². The van der Waals surface area contributed by atoms with E-state index in [0.717, 1.165) is 17.5 Å². The quantitative estimate of drug-likeness (QED) is 0.375. The summed E-state index contributed by atoms with van der Waals surface area (Å²) in [5.41, 5.74) is 1.84. The second-order valence-corrected chi connectivity index (χ2v) is 2.37. The van der Waals surface area contributed by atoms with Crippen LogP contribution in [0, 0.1) is 0 Å². The van der Waals surface area contributed by atoms with Gasteiger partial charge in [0.15, 0.2) is 0 Å². The Morgan fingerprint density at radius 1 is 2.00 bits per heavy atom. The predicted molar refractivity (Wildman–Crippen MR) is 38.1 cm³/mol. The first-order chi connectivity index (χ1) is 4.20. The van der Waals surface area contributed by atoms with Gasteiger partial charge in [0.25, 0.3) is 0 Å². The fourth-order valence-electron chi connectivity index (χ4n) is 0.770. The van der Waals surface area contributed by atoms with Gasteiger partial charge < -0.3 is 4.74 Å². The second-order valence-electron chi connectivity index (χ2n) is 2.37. The molecule has 0 saturated carbocycles. The number of hydrogen-bond acceptors (Lipinski definition) is 1. The van der Waals surface area contributed by atoms with E-state index >= 15 is 0 Å². The molecule has 0 bridgehead atoms. The molecule has 2 heteroatoms. The van der Waals surface area contributed by atoms with Crippen LogP contribution in [0.15, 0.2) is 23.9 Å². The lowest BCUT2D eigenvalue weighted by molar-refractivity contribution is 0.204. The molecule has 9 heavy (non-hydrogen) atoms. The molecule has 2 radical (unpaired) electrons. The van der Waals surface area contributed by atoms with Gasteiger partial charge in [0.2, 0.25) is 0 Å². The van der Waals surface area contributed by atoms with Crippen molar-refractivity contribution in [2.24, 2.45) is 0 Å². The fraction of sp³-hybridized carbons (Fsp3) is 0.429. The van der Waals surface area contributed by atoms with Crippen molar-refractivity contribution in [2.75, 3.05) is 0 Å². The van der Waals surface area contributed by atoms with E-state index in [1.54, 1.807) is 6.26 Å². The molecule has 1 atom stereocenters. The Hall–Kier alpha value is -0.655. The molecule has 0 saturated heterocycles. The van der Waals surface area contributed by atoms with Gasteiger partial charge in [-0.3, -0.25) is 0 Å². The first-order valence-corrected chi connectivity index (χ1v) is 2.95. The van der Waals surface area contributed by atoms with E-state index in [9.17, 15) is 0 Å². The highest BCUT2D eigenvalue weighted by Crippen LogP contribution is 2.19. The minimum atomic E-state index is 0.130. The van der Waals surface area contributed by atoms with E-state index in [4.69, 9.17) is 12.6 Å². The molecule has 1 nitrogen and oxygen atoms in total. The largest absolute Gasteiger partial charge is 0.494 e. The van der Waals surface area contributed by atoms with E-state index in [-0.39, 0.29) is 6.10 Å². The molecule has 0 fully saturated rings. The highest BCUT2D eigenvalue weighted by molar-refractivity contribution is 6.21. The van der Waals surface area contributed by atoms with Crippen molar-refractivity contribution in [2.45, 2.75) is 19.4 Å². The summed E-state index contributed by atoms with van der Waals surface area (Å²) in [5.74, 6) is 0. The van der Waals surface area contributed by atoms with Crippen molar-refractivity contribution in [1.82, 2.24) is 0 Å². The Labute approximate surface area is 56.8 Å². The Bertz CT molecular complexity index is 160. The summed E-state index contributed by atoms with van der Waals surface area (Å²) in [6.07, 6.45) is 2.53. The molecule has 1 heterocycles. The summed E-state index contributed by atoms with van der Waals surface area (Å²) in [6, 6.07) is 0. The van der Waals surface area contributed by atoms with Gasteiger partial charge in [-0.2, -0.15) is 0 Å². The maximum atomic E-state index is 5.46. The molecule has 0 aromatic rings. The summed E-state index contributed by atoms with van der Waals surface area (Å²) < 4.78 is 5.14. The van der Waals surface area contributed by atoms with Crippen molar-refractivity contribution in [3.05, 3.63) is 23.9 Å². The van der Waals surface area contributed by atoms with E-state index in [0.29, 0.717) is 0 Å². The molecule has 1 aliphatic rings. The van der Waals surface area contributed by atoms with Crippen molar-refractivity contribution < 1.29 is 4.74 Å². The highest BCUT2D eigenvalue weighted by atomic mass is 16.5. The maximum absolute atomic E-state index is 5.46. The number of hydrogen-bond donors (Lipinski definition) is 0. The van der Waals surface area contributed by atoms with Crippen LogP contribution in [0.3, 0.4) is 0 Å². The molecular weight excluding hydrogens is 111 g/mol. The van der Waals surface area contributed by atoms with Gasteiger partial charge in [-0.15, -0.1) is 0 Å². The molecule has 0 aromatic heterocycles. The molecule has 1 unspecified atom stereocenters. The van der Waals surface area contributed by atoms with Crippen molar-refractivity contribution >= 4 is 7.85 Å². The SMILES string of the molecule is [B]C1=COC(C(=C)C)C1. The minimum absolute atomic E-state index is 0.130. The lowest BCUT2D eigenvalue weighted by atomic mass is 9.92. The van der Waals surface area contributed by atoms with Gasteiger partial charge in [-0.1, -0.05) is 12.1 Å². The van der Waals surface area contributed by atoms with Crippen LogP contribution in [0.2, 0.25) is 0 Å². The summed E-state index contributed by atoms with van der Waals surface area (Å²) >= 11 is 0. The summed E-state index contributed by atoms with van der Waals surface area (Å²) in [5, 5.41) is 0. The first-order valence-electron chi connectivity index (χ1n) is 2.95. The zero-order chi connectivity index (χ0) is 6.85. The van der Waals surface area contributed by atoms with E-state index in [1.165, 1.54) is 0 Å². The molecule has 1 rings (SSSR count). The molecule has 46 valence electrons. The van der Waals surface area contributed by atoms with Crippen LogP contribution in [0.4, 0.5) is 0 Å². The maximum Gasteiger partial charge on any atom is 0.121 e. The van der Waals surface area contributed by atoms with Crippen LogP contribution in [-0.4, -0.2) is 14.0 Å². The van der Waals surface area contributed by atoms with Gasteiger partial charge >= 0.3 is 0 Å². The van der Waals surface area contributed by atoms with Crippen LogP contribution >= 0.6 is 0 Å². The molecule has 0 N–H and O–H groups in total. The van der Waals surface area contributed by atoms with Crippen molar-refractivity contribution in [1.29, 1.82) is 0 Å². The highest BCUT2D eigenvalue weighted by Gasteiger charge is 2.14. The molecule has 0 amide bonds. The smallest absolute Gasteiger partial charge is 0.121 e.